The van der Waals surface area contributed by atoms with Gasteiger partial charge < -0.3 is 8.83 Å². The van der Waals surface area contributed by atoms with E-state index in [1.807, 2.05) is 48.5 Å². The Morgan fingerprint density at radius 2 is 0.917 bits per heavy atom. The van der Waals surface area contributed by atoms with Gasteiger partial charge in [-0.25, -0.2) is 9.97 Å². The molecule has 0 bridgehead atoms. The molecule has 170 valence electrons. The van der Waals surface area contributed by atoms with Crippen molar-refractivity contribution in [1.82, 2.24) is 9.97 Å². The van der Waals surface area contributed by atoms with Crippen molar-refractivity contribution in [2.75, 3.05) is 0 Å². The Morgan fingerprint density at radius 1 is 0.472 bits per heavy atom. The molecule has 6 heteroatoms. The van der Waals surface area contributed by atoms with Gasteiger partial charge in [0, 0.05) is 43.4 Å². The number of nitrogens with zero attached hydrogens (tertiary/aromatic N) is 2. The van der Waals surface area contributed by atoms with E-state index in [0.29, 0.717) is 0 Å². The number of hydrogen-bond donors (Lipinski definition) is 0. The van der Waals surface area contributed by atoms with Crippen LogP contribution in [-0.2, 0) is 0 Å². The van der Waals surface area contributed by atoms with Crippen LogP contribution in [0.15, 0.2) is 105 Å². The van der Waals surface area contributed by atoms with Gasteiger partial charge in [0.25, 0.3) is 0 Å². The summed E-state index contributed by atoms with van der Waals surface area (Å²) in [4.78, 5) is 9.86. The zero-order valence-corrected chi connectivity index (χ0v) is 20.4. The maximum atomic E-state index is 5.98. The van der Waals surface area contributed by atoms with Gasteiger partial charge in [-0.1, -0.05) is 36.4 Å². The molecular formula is C30H16N2O2S2. The smallest absolute Gasteiger partial charge is 0.152 e. The average Bonchev–Trinajstić information content (AvgIpc) is 3.71. The highest BCUT2D eigenvalue weighted by Crippen LogP contribution is 2.37. The van der Waals surface area contributed by atoms with Crippen molar-refractivity contribution < 1.29 is 8.83 Å². The third-order valence-corrected chi connectivity index (χ3v) is 8.36. The molecule has 0 aliphatic rings. The van der Waals surface area contributed by atoms with Crippen molar-refractivity contribution in [2.24, 2.45) is 0 Å². The summed E-state index contributed by atoms with van der Waals surface area (Å²) in [6, 6.07) is 28.8. The van der Waals surface area contributed by atoms with Crippen molar-refractivity contribution in [3.05, 3.63) is 95.7 Å². The Bertz CT molecular complexity index is 1930. The summed E-state index contributed by atoms with van der Waals surface area (Å²) < 4.78 is 12.0. The van der Waals surface area contributed by atoms with Crippen LogP contribution in [0, 0.1) is 0 Å². The first-order valence-electron chi connectivity index (χ1n) is 11.5. The fourth-order valence-electron chi connectivity index (χ4n) is 4.78. The van der Waals surface area contributed by atoms with Gasteiger partial charge in [-0.15, -0.1) is 22.7 Å². The van der Waals surface area contributed by atoms with Gasteiger partial charge in [0.1, 0.15) is 22.3 Å². The molecule has 0 radical (unpaired) electrons. The number of para-hydroxylation sites is 2. The highest BCUT2D eigenvalue weighted by Gasteiger charge is 2.15. The third-order valence-electron chi connectivity index (χ3n) is 6.54. The molecule has 4 heterocycles. The van der Waals surface area contributed by atoms with Crippen LogP contribution >= 0.6 is 22.7 Å². The molecule has 4 aromatic heterocycles. The number of furan rings is 2. The first kappa shape index (κ1) is 20.0. The van der Waals surface area contributed by atoms with Gasteiger partial charge in [-0.3, -0.25) is 0 Å². The Kier molecular flexibility index (Phi) is 4.23. The van der Waals surface area contributed by atoms with E-state index in [2.05, 4.69) is 47.2 Å². The minimum absolute atomic E-state index is 0.891. The lowest BCUT2D eigenvalue weighted by Gasteiger charge is -1.97. The molecule has 4 nitrogen and oxygen atoms in total. The first-order valence-corrected chi connectivity index (χ1v) is 13.3. The van der Waals surface area contributed by atoms with Gasteiger partial charge in [0.05, 0.1) is 11.4 Å². The number of fused-ring (bicyclic) bond motifs is 6. The normalized spacial score (nSPS) is 11.9. The second kappa shape index (κ2) is 7.62. The highest BCUT2D eigenvalue weighted by molar-refractivity contribution is 7.20. The van der Waals surface area contributed by atoms with Crippen LogP contribution in [0.5, 0.6) is 0 Å². The van der Waals surface area contributed by atoms with E-state index in [9.17, 15) is 0 Å². The zero-order valence-electron chi connectivity index (χ0n) is 18.8. The van der Waals surface area contributed by atoms with Crippen molar-refractivity contribution in [2.45, 2.75) is 0 Å². The fraction of sp³-hybridized carbons (Fsp3) is 0. The first-order chi connectivity index (χ1) is 17.8. The molecule has 0 saturated heterocycles. The maximum Gasteiger partial charge on any atom is 0.152 e. The number of benzene rings is 4. The number of thiazole rings is 2. The molecule has 0 aliphatic carbocycles. The Balaban J connectivity index is 1.15. The number of aromatic nitrogens is 2. The maximum absolute atomic E-state index is 5.98. The summed E-state index contributed by atoms with van der Waals surface area (Å²) >= 11 is 3.24. The lowest BCUT2D eigenvalue weighted by Crippen LogP contribution is -1.81. The molecule has 4 aromatic carbocycles. The van der Waals surface area contributed by atoms with E-state index in [1.54, 1.807) is 22.7 Å². The zero-order chi connectivity index (χ0) is 23.6. The van der Waals surface area contributed by atoms with Gasteiger partial charge in [0.2, 0.25) is 0 Å². The van der Waals surface area contributed by atoms with Gasteiger partial charge in [0.15, 0.2) is 10.0 Å². The lowest BCUT2D eigenvalue weighted by molar-refractivity contribution is 0.668. The highest BCUT2D eigenvalue weighted by atomic mass is 32.1. The van der Waals surface area contributed by atoms with Crippen LogP contribution in [0.4, 0.5) is 0 Å². The van der Waals surface area contributed by atoms with Gasteiger partial charge >= 0.3 is 0 Å². The Hall–Kier alpha value is -4.26. The summed E-state index contributed by atoms with van der Waals surface area (Å²) in [6.45, 7) is 0. The predicted molar refractivity (Wildman–Crippen MR) is 149 cm³/mol. The largest absolute Gasteiger partial charge is 0.456 e. The van der Waals surface area contributed by atoms with Crippen LogP contribution < -0.4 is 0 Å². The lowest BCUT2D eigenvalue weighted by atomic mass is 10.1. The predicted octanol–water partition coefficient (Wildman–Crippen LogP) is 9.40. The van der Waals surface area contributed by atoms with Crippen molar-refractivity contribution in [3.63, 3.8) is 0 Å². The standard InChI is InChI=1S/C30H16N2O2S2/c1-3-7-25-19(5-1)21-13-17(9-11-27(21)33-25)23-15-35-29(31-23)30-32-24(16-36-30)18-10-12-28-22(14-18)20-6-2-4-8-26(20)34-28/h1-16H. The molecule has 36 heavy (non-hydrogen) atoms. The van der Waals surface area contributed by atoms with Gasteiger partial charge in [-0.2, -0.15) is 0 Å². The van der Waals surface area contributed by atoms with E-state index >= 15 is 0 Å². The molecule has 8 rings (SSSR count). The molecule has 0 N–H and O–H groups in total. The third kappa shape index (κ3) is 3.05. The summed E-state index contributed by atoms with van der Waals surface area (Å²) in [5.74, 6) is 0. The molecule has 0 fully saturated rings. The average molecular weight is 501 g/mol. The van der Waals surface area contributed by atoms with Crippen LogP contribution in [0.2, 0.25) is 0 Å². The molecule has 0 atom stereocenters. The topological polar surface area (TPSA) is 52.1 Å². The Labute approximate surface area is 213 Å². The second-order valence-corrected chi connectivity index (χ2v) is 10.4. The summed E-state index contributed by atoms with van der Waals surface area (Å²) in [5, 5.41) is 10.5. The molecule has 0 aliphatic heterocycles. The van der Waals surface area contributed by atoms with Crippen LogP contribution in [0.1, 0.15) is 0 Å². The molecule has 0 unspecified atom stereocenters. The monoisotopic (exact) mass is 500 g/mol. The minimum Gasteiger partial charge on any atom is -0.456 e. The quantitative estimate of drug-likeness (QED) is 0.242. The van der Waals surface area contributed by atoms with Gasteiger partial charge in [-0.05, 0) is 48.5 Å². The van der Waals surface area contributed by atoms with E-state index < -0.39 is 0 Å². The minimum atomic E-state index is 0.891. The summed E-state index contributed by atoms with van der Waals surface area (Å²) in [7, 11) is 0. The van der Waals surface area contributed by atoms with Crippen molar-refractivity contribution in [3.8, 4) is 32.5 Å². The summed E-state index contributed by atoms with van der Waals surface area (Å²) in [5.41, 5.74) is 7.64. The van der Waals surface area contributed by atoms with E-state index in [0.717, 1.165) is 76.4 Å². The molecule has 0 amide bonds. The summed E-state index contributed by atoms with van der Waals surface area (Å²) in [6.07, 6.45) is 0. The van der Waals surface area contributed by atoms with E-state index in [-0.39, 0.29) is 0 Å². The van der Waals surface area contributed by atoms with E-state index in [4.69, 9.17) is 18.8 Å². The molecule has 8 aromatic rings. The molecule has 0 spiro atoms. The van der Waals surface area contributed by atoms with Crippen molar-refractivity contribution >= 4 is 66.6 Å². The van der Waals surface area contributed by atoms with Crippen molar-refractivity contribution in [1.29, 1.82) is 0 Å². The van der Waals surface area contributed by atoms with Crippen LogP contribution in [-0.4, -0.2) is 9.97 Å². The number of rotatable bonds is 3. The van der Waals surface area contributed by atoms with E-state index in [1.165, 1.54) is 0 Å². The molecular weight excluding hydrogens is 484 g/mol. The molecule has 0 saturated carbocycles. The fourth-order valence-corrected chi connectivity index (χ4v) is 6.49. The number of hydrogen-bond acceptors (Lipinski definition) is 6. The van der Waals surface area contributed by atoms with Crippen LogP contribution in [0.3, 0.4) is 0 Å². The van der Waals surface area contributed by atoms with Crippen LogP contribution in [0.25, 0.3) is 76.4 Å². The Morgan fingerprint density at radius 3 is 1.42 bits per heavy atom. The SMILES string of the molecule is c1ccc2c(c1)oc1ccc(-c3csc(-c4nc(-c5ccc6oc7ccccc7c6c5)cs4)n3)cc12. The second-order valence-electron chi connectivity index (χ2n) is 8.69.